The zero-order valence-corrected chi connectivity index (χ0v) is 20.4. The third kappa shape index (κ3) is 5.72. The number of hydrogen-bond acceptors (Lipinski definition) is 9. The summed E-state index contributed by atoms with van der Waals surface area (Å²) >= 11 is 6.72. The lowest BCUT2D eigenvalue weighted by molar-refractivity contribution is 0.122. The molecule has 0 spiro atoms. The van der Waals surface area contributed by atoms with Gasteiger partial charge in [0.15, 0.2) is 0 Å². The summed E-state index contributed by atoms with van der Waals surface area (Å²) in [5.74, 6) is 1.30. The summed E-state index contributed by atoms with van der Waals surface area (Å²) < 4.78 is 6.80. The fraction of sp³-hybridized carbons (Fsp3) is 0.238. The molecule has 1 fully saturated rings. The molecule has 0 unspecified atom stereocenters. The number of rotatable bonds is 6. The van der Waals surface area contributed by atoms with Gasteiger partial charge in [-0.25, -0.2) is 5.43 Å². The van der Waals surface area contributed by atoms with E-state index in [0.717, 1.165) is 10.2 Å². The number of benzene rings is 2. The number of hydrazone groups is 1. The van der Waals surface area contributed by atoms with Crippen LogP contribution in [0.4, 0.5) is 23.5 Å². The predicted molar refractivity (Wildman–Crippen MR) is 132 cm³/mol. The second-order valence-electron chi connectivity index (χ2n) is 7.07. The zero-order chi connectivity index (χ0) is 22.5. The lowest BCUT2D eigenvalue weighted by Crippen LogP contribution is -2.37. The highest BCUT2D eigenvalue weighted by molar-refractivity contribution is 9.11. The quantitative estimate of drug-likeness (QED) is 0.299. The van der Waals surface area contributed by atoms with Crippen LogP contribution in [-0.2, 0) is 4.74 Å². The van der Waals surface area contributed by atoms with Crippen molar-refractivity contribution >= 4 is 61.6 Å². The monoisotopic (exact) mass is 561 g/mol. The molecule has 0 radical (unpaired) electrons. The van der Waals surface area contributed by atoms with Crippen LogP contribution in [0.3, 0.4) is 0 Å². The molecule has 1 aromatic heterocycles. The van der Waals surface area contributed by atoms with Crippen LogP contribution in [0.5, 0.6) is 5.75 Å². The Bertz CT molecular complexity index is 1120. The molecule has 9 nitrogen and oxygen atoms in total. The molecule has 0 aliphatic carbocycles. The largest absolute Gasteiger partial charge is 0.506 e. The molecule has 4 rings (SSSR count). The van der Waals surface area contributed by atoms with Crippen molar-refractivity contribution in [3.8, 4) is 5.75 Å². The number of phenols is 1. The van der Waals surface area contributed by atoms with Gasteiger partial charge in [0.25, 0.3) is 0 Å². The molecule has 1 aliphatic heterocycles. The second-order valence-corrected chi connectivity index (χ2v) is 8.84. The first-order valence-electron chi connectivity index (χ1n) is 9.87. The van der Waals surface area contributed by atoms with E-state index in [1.807, 2.05) is 36.1 Å². The topological polar surface area (TPSA) is 108 Å². The number of morpholine rings is 1. The van der Waals surface area contributed by atoms with Gasteiger partial charge >= 0.3 is 0 Å². The number of nitrogens with zero attached hydrogens (tertiary/aromatic N) is 5. The minimum atomic E-state index is 0.0881. The average Bonchev–Trinajstić information content (AvgIpc) is 2.79. The van der Waals surface area contributed by atoms with Crippen molar-refractivity contribution in [2.24, 2.45) is 5.10 Å². The van der Waals surface area contributed by atoms with Crippen LogP contribution >= 0.6 is 31.9 Å². The van der Waals surface area contributed by atoms with Crippen LogP contribution in [0.2, 0.25) is 0 Å². The summed E-state index contributed by atoms with van der Waals surface area (Å²) in [6, 6.07) is 11.5. The minimum absolute atomic E-state index is 0.0881. The fourth-order valence-electron chi connectivity index (χ4n) is 2.99. The smallest absolute Gasteiger partial charge is 0.250 e. The predicted octanol–water partition coefficient (Wildman–Crippen LogP) is 4.44. The van der Waals surface area contributed by atoms with Crippen molar-refractivity contribution in [1.29, 1.82) is 0 Å². The summed E-state index contributed by atoms with van der Waals surface area (Å²) in [5.41, 5.74) is 5.40. The Balaban J connectivity index is 1.59. The molecule has 0 bridgehead atoms. The molecule has 3 aromatic rings. The van der Waals surface area contributed by atoms with E-state index in [1.54, 1.807) is 12.1 Å². The molecule has 2 heterocycles. The second kappa shape index (κ2) is 10.2. The first kappa shape index (κ1) is 22.4. The number of hydrogen-bond donors (Lipinski definition) is 3. The molecule has 0 saturated carbocycles. The highest BCUT2D eigenvalue weighted by atomic mass is 79.9. The molecule has 1 saturated heterocycles. The van der Waals surface area contributed by atoms with E-state index >= 15 is 0 Å². The van der Waals surface area contributed by atoms with Gasteiger partial charge < -0.3 is 20.1 Å². The third-order valence-corrected chi connectivity index (χ3v) is 5.71. The highest BCUT2D eigenvalue weighted by Crippen LogP contribution is 2.30. The van der Waals surface area contributed by atoms with E-state index < -0.39 is 0 Å². The number of halogens is 2. The number of aryl methyl sites for hydroxylation is 1. The molecule has 0 atom stereocenters. The van der Waals surface area contributed by atoms with Crippen molar-refractivity contribution in [2.75, 3.05) is 41.9 Å². The first-order valence-corrected chi connectivity index (χ1v) is 11.5. The maximum Gasteiger partial charge on any atom is 0.250 e. The number of aromatic hydroxyl groups is 1. The third-order valence-electron chi connectivity index (χ3n) is 4.65. The molecule has 166 valence electrons. The molecule has 0 amide bonds. The normalized spacial score (nSPS) is 14.0. The van der Waals surface area contributed by atoms with E-state index in [1.165, 1.54) is 11.8 Å². The standard InChI is InChI=1S/C21H21Br2N7O2/c1-13-2-4-16(5-3-13)25-19-26-20(28-21(27-19)30-6-8-32-9-7-30)29-24-12-14-10-15(22)11-17(23)18(14)31/h2-5,10-12,31H,6-9H2,1H3,(H2,25,26,27,28,29). The van der Waals surface area contributed by atoms with Crippen molar-refractivity contribution < 1.29 is 9.84 Å². The lowest BCUT2D eigenvalue weighted by Gasteiger charge is -2.27. The van der Waals surface area contributed by atoms with Gasteiger partial charge in [0, 0.05) is 28.8 Å². The molecular formula is C21H21Br2N7O2. The fourth-order valence-corrected chi connectivity index (χ4v) is 4.24. The first-order chi connectivity index (χ1) is 15.5. The number of aromatic nitrogens is 3. The SMILES string of the molecule is Cc1ccc(Nc2nc(NN=Cc3cc(Br)cc(Br)c3O)nc(N3CCOCC3)n2)cc1. The Hall–Kier alpha value is -2.76. The van der Waals surface area contributed by atoms with E-state index in [4.69, 9.17) is 4.74 Å². The van der Waals surface area contributed by atoms with Crippen LogP contribution in [0.15, 0.2) is 50.4 Å². The summed E-state index contributed by atoms with van der Waals surface area (Å²) in [5, 5.41) is 17.6. The van der Waals surface area contributed by atoms with Gasteiger partial charge in [-0.05, 0) is 47.1 Å². The average molecular weight is 563 g/mol. The summed E-state index contributed by atoms with van der Waals surface area (Å²) in [6.45, 7) is 4.65. The molecule has 1 aliphatic rings. The van der Waals surface area contributed by atoms with E-state index in [2.05, 4.69) is 62.7 Å². The maximum absolute atomic E-state index is 10.2. The number of anilines is 4. The van der Waals surface area contributed by atoms with E-state index in [0.29, 0.717) is 48.2 Å². The van der Waals surface area contributed by atoms with Crippen LogP contribution in [0, 0.1) is 6.92 Å². The van der Waals surface area contributed by atoms with Gasteiger partial charge in [-0.2, -0.15) is 20.1 Å². The van der Waals surface area contributed by atoms with Crippen molar-refractivity contribution in [1.82, 2.24) is 15.0 Å². The molecular weight excluding hydrogens is 542 g/mol. The lowest BCUT2D eigenvalue weighted by atomic mass is 10.2. The molecule has 32 heavy (non-hydrogen) atoms. The molecule has 3 N–H and O–H groups in total. The Kier molecular flexibility index (Phi) is 7.18. The number of phenolic OH excluding ortho intramolecular Hbond substituents is 1. The summed E-state index contributed by atoms with van der Waals surface area (Å²) in [7, 11) is 0. The Labute approximate surface area is 202 Å². The summed E-state index contributed by atoms with van der Waals surface area (Å²) in [4.78, 5) is 15.6. The van der Waals surface area contributed by atoms with E-state index in [9.17, 15) is 5.11 Å². The van der Waals surface area contributed by atoms with E-state index in [-0.39, 0.29) is 11.7 Å². The minimum Gasteiger partial charge on any atom is -0.506 e. The Morgan fingerprint density at radius 1 is 1.06 bits per heavy atom. The van der Waals surface area contributed by atoms with Crippen LogP contribution < -0.4 is 15.6 Å². The number of ether oxygens (including phenoxy) is 1. The van der Waals surface area contributed by atoms with Gasteiger partial charge in [0.1, 0.15) is 5.75 Å². The van der Waals surface area contributed by atoms with Gasteiger partial charge in [-0.15, -0.1) is 0 Å². The van der Waals surface area contributed by atoms with Crippen molar-refractivity contribution in [3.63, 3.8) is 0 Å². The van der Waals surface area contributed by atoms with Crippen LogP contribution in [-0.4, -0.2) is 52.6 Å². The highest BCUT2D eigenvalue weighted by Gasteiger charge is 2.17. The van der Waals surface area contributed by atoms with Gasteiger partial charge in [-0.3, -0.25) is 0 Å². The molecule has 11 heteroatoms. The van der Waals surface area contributed by atoms with Crippen LogP contribution in [0.25, 0.3) is 0 Å². The zero-order valence-electron chi connectivity index (χ0n) is 17.2. The van der Waals surface area contributed by atoms with Crippen molar-refractivity contribution in [3.05, 3.63) is 56.5 Å². The summed E-state index contributed by atoms with van der Waals surface area (Å²) in [6.07, 6.45) is 1.50. The Morgan fingerprint density at radius 2 is 1.78 bits per heavy atom. The Morgan fingerprint density at radius 3 is 2.53 bits per heavy atom. The maximum atomic E-state index is 10.2. The van der Waals surface area contributed by atoms with Crippen LogP contribution in [0.1, 0.15) is 11.1 Å². The number of nitrogens with one attached hydrogen (secondary N) is 2. The van der Waals surface area contributed by atoms with Gasteiger partial charge in [0.05, 0.1) is 23.9 Å². The van der Waals surface area contributed by atoms with Gasteiger partial charge in [-0.1, -0.05) is 33.6 Å². The molecule has 2 aromatic carbocycles. The van der Waals surface area contributed by atoms with Crippen molar-refractivity contribution in [2.45, 2.75) is 6.92 Å². The van der Waals surface area contributed by atoms with Gasteiger partial charge in [0.2, 0.25) is 17.8 Å².